The van der Waals surface area contributed by atoms with E-state index in [0.29, 0.717) is 11.5 Å². The highest BCUT2D eigenvalue weighted by Gasteiger charge is 2.36. The molecule has 5 heteroatoms. The maximum absolute atomic E-state index is 12.9. The van der Waals surface area contributed by atoms with Crippen LogP contribution in [0.2, 0.25) is 0 Å². The summed E-state index contributed by atoms with van der Waals surface area (Å²) in [4.78, 5) is 16.5. The fourth-order valence-electron chi connectivity index (χ4n) is 4.16. The molecule has 0 aromatic heterocycles. The number of nitrogens with zero attached hydrogens (tertiary/aromatic N) is 1. The van der Waals surface area contributed by atoms with Gasteiger partial charge in [-0.05, 0) is 62.7 Å². The first-order chi connectivity index (χ1) is 11.1. The molecule has 0 aliphatic carbocycles. The predicted molar refractivity (Wildman–Crippen MR) is 92.4 cm³/mol. The molecule has 0 spiro atoms. The van der Waals surface area contributed by atoms with Gasteiger partial charge in [0.1, 0.15) is 11.9 Å². The van der Waals surface area contributed by atoms with Crippen LogP contribution in [0.25, 0.3) is 0 Å². The van der Waals surface area contributed by atoms with Crippen LogP contribution in [-0.2, 0) is 6.42 Å². The number of rotatable bonds is 3. The highest BCUT2D eigenvalue weighted by molar-refractivity contribution is 7.98. The van der Waals surface area contributed by atoms with Crippen molar-refractivity contribution in [2.45, 2.75) is 43.2 Å². The first-order valence-electron chi connectivity index (χ1n) is 8.55. The van der Waals surface area contributed by atoms with Gasteiger partial charge in [0.05, 0.1) is 5.56 Å². The van der Waals surface area contributed by atoms with Gasteiger partial charge in [0.25, 0.3) is 5.91 Å². The van der Waals surface area contributed by atoms with Gasteiger partial charge in [0.15, 0.2) is 0 Å². The van der Waals surface area contributed by atoms with E-state index in [-0.39, 0.29) is 18.1 Å². The van der Waals surface area contributed by atoms with Crippen molar-refractivity contribution in [2.24, 2.45) is 5.92 Å². The Bertz CT molecular complexity index is 626. The number of ether oxygens (including phenoxy) is 1. The molecule has 1 aromatic rings. The van der Waals surface area contributed by atoms with Crippen LogP contribution in [0.4, 0.5) is 0 Å². The number of hydrogen-bond donors (Lipinski definition) is 1. The Morgan fingerprint density at radius 2 is 2.13 bits per heavy atom. The molecule has 23 heavy (non-hydrogen) atoms. The standard InChI is InChI=1S/C18H24N2O2S/c1-11-7-13-8-14(23-2)9-15(17(13)22-11)18(21)19-16-10-20-5-3-12(16)4-6-20/h8-9,11-12,16H,3-7,10H2,1-2H3,(H,19,21). The third-order valence-electron chi connectivity index (χ3n) is 5.42. The topological polar surface area (TPSA) is 41.6 Å². The minimum atomic E-state index is 0.0324. The lowest BCUT2D eigenvalue weighted by Crippen LogP contribution is -2.57. The first kappa shape index (κ1) is 15.3. The lowest BCUT2D eigenvalue weighted by Gasteiger charge is -2.44. The number of nitrogens with one attached hydrogen (secondary N) is 1. The number of fused-ring (bicyclic) bond motifs is 4. The quantitative estimate of drug-likeness (QED) is 0.864. The van der Waals surface area contributed by atoms with Crippen LogP contribution in [0.15, 0.2) is 17.0 Å². The van der Waals surface area contributed by atoms with Gasteiger partial charge in [-0.15, -0.1) is 11.8 Å². The van der Waals surface area contributed by atoms with E-state index < -0.39 is 0 Å². The molecule has 4 nitrogen and oxygen atoms in total. The minimum absolute atomic E-state index is 0.0324. The zero-order valence-corrected chi connectivity index (χ0v) is 14.6. The lowest BCUT2D eigenvalue weighted by molar-refractivity contribution is 0.0618. The predicted octanol–water partition coefficient (Wildman–Crippen LogP) is 2.56. The second-order valence-corrected chi connectivity index (χ2v) is 7.89. The Hall–Kier alpha value is -1.20. The van der Waals surface area contributed by atoms with E-state index in [9.17, 15) is 4.79 Å². The van der Waals surface area contributed by atoms with E-state index >= 15 is 0 Å². The van der Waals surface area contributed by atoms with Crippen LogP contribution >= 0.6 is 11.8 Å². The summed E-state index contributed by atoms with van der Waals surface area (Å²) in [5.41, 5.74) is 1.89. The van der Waals surface area contributed by atoms with Crippen molar-refractivity contribution in [3.63, 3.8) is 0 Å². The Balaban J connectivity index is 1.58. The molecule has 3 fully saturated rings. The third kappa shape index (κ3) is 2.85. The number of amides is 1. The molecular weight excluding hydrogens is 308 g/mol. The Kier molecular flexibility index (Phi) is 4.01. The van der Waals surface area contributed by atoms with Crippen molar-refractivity contribution in [1.29, 1.82) is 0 Å². The van der Waals surface area contributed by atoms with Crippen LogP contribution < -0.4 is 10.1 Å². The summed E-state index contributed by atoms with van der Waals surface area (Å²) in [5.74, 6) is 1.47. The van der Waals surface area contributed by atoms with Crippen LogP contribution in [0.3, 0.4) is 0 Å². The maximum atomic E-state index is 12.9. The normalized spacial score (nSPS) is 31.6. The van der Waals surface area contributed by atoms with Crippen molar-refractivity contribution in [2.75, 3.05) is 25.9 Å². The van der Waals surface area contributed by atoms with Gasteiger partial charge in [0, 0.05) is 23.9 Å². The number of thioether (sulfide) groups is 1. The van der Waals surface area contributed by atoms with Gasteiger partial charge in [-0.2, -0.15) is 0 Å². The average Bonchev–Trinajstić information content (AvgIpc) is 2.94. The molecule has 0 radical (unpaired) electrons. The molecule has 3 saturated heterocycles. The summed E-state index contributed by atoms with van der Waals surface area (Å²) >= 11 is 1.68. The molecule has 1 N–H and O–H groups in total. The highest BCUT2D eigenvalue weighted by Crippen LogP contribution is 2.36. The number of carbonyl (C=O) groups is 1. The molecule has 1 aromatic carbocycles. The molecule has 2 atom stereocenters. The number of piperidine rings is 3. The average molecular weight is 332 g/mol. The van der Waals surface area contributed by atoms with E-state index in [1.165, 1.54) is 31.5 Å². The number of carbonyl (C=O) groups excluding carboxylic acids is 1. The van der Waals surface area contributed by atoms with Crippen molar-refractivity contribution in [3.05, 3.63) is 23.3 Å². The van der Waals surface area contributed by atoms with E-state index in [0.717, 1.165) is 23.6 Å². The molecule has 5 rings (SSSR count). The molecule has 1 amide bonds. The van der Waals surface area contributed by atoms with E-state index in [2.05, 4.69) is 29.5 Å². The lowest BCUT2D eigenvalue weighted by atomic mass is 9.84. The second-order valence-electron chi connectivity index (χ2n) is 7.01. The molecule has 4 aliphatic rings. The summed E-state index contributed by atoms with van der Waals surface area (Å²) in [6.07, 6.45) is 5.52. The summed E-state index contributed by atoms with van der Waals surface area (Å²) in [6, 6.07) is 4.43. The van der Waals surface area contributed by atoms with Crippen molar-refractivity contribution in [1.82, 2.24) is 10.2 Å². The molecule has 2 unspecified atom stereocenters. The van der Waals surface area contributed by atoms with E-state index in [4.69, 9.17) is 4.74 Å². The van der Waals surface area contributed by atoms with Gasteiger partial charge < -0.3 is 15.0 Å². The minimum Gasteiger partial charge on any atom is -0.489 e. The Labute approximate surface area is 142 Å². The van der Waals surface area contributed by atoms with Crippen LogP contribution in [0.5, 0.6) is 5.75 Å². The number of benzene rings is 1. The van der Waals surface area contributed by atoms with Crippen LogP contribution in [0, 0.1) is 5.92 Å². The Morgan fingerprint density at radius 1 is 1.35 bits per heavy atom. The van der Waals surface area contributed by atoms with Gasteiger partial charge >= 0.3 is 0 Å². The van der Waals surface area contributed by atoms with Crippen molar-refractivity contribution < 1.29 is 9.53 Å². The zero-order chi connectivity index (χ0) is 16.0. The van der Waals surface area contributed by atoms with Gasteiger partial charge in [-0.3, -0.25) is 4.79 Å². The summed E-state index contributed by atoms with van der Waals surface area (Å²) in [5, 5.41) is 3.29. The molecule has 2 bridgehead atoms. The SMILES string of the molecule is CSc1cc2c(c(C(=O)NC3CN4CCC3CC4)c1)OC(C)C2. The van der Waals surface area contributed by atoms with Crippen molar-refractivity contribution in [3.8, 4) is 5.75 Å². The molecule has 4 heterocycles. The third-order valence-corrected chi connectivity index (χ3v) is 6.13. The largest absolute Gasteiger partial charge is 0.489 e. The first-order valence-corrected chi connectivity index (χ1v) is 9.77. The molecular formula is C18H24N2O2S. The fourth-order valence-corrected chi connectivity index (χ4v) is 4.66. The van der Waals surface area contributed by atoms with E-state index in [1.54, 1.807) is 11.8 Å². The summed E-state index contributed by atoms with van der Waals surface area (Å²) in [7, 11) is 0. The maximum Gasteiger partial charge on any atom is 0.255 e. The smallest absolute Gasteiger partial charge is 0.255 e. The number of hydrogen-bond acceptors (Lipinski definition) is 4. The second kappa shape index (κ2) is 6.02. The zero-order valence-electron chi connectivity index (χ0n) is 13.8. The Morgan fingerprint density at radius 3 is 2.78 bits per heavy atom. The van der Waals surface area contributed by atoms with Crippen LogP contribution in [0.1, 0.15) is 35.7 Å². The van der Waals surface area contributed by atoms with Crippen LogP contribution in [-0.4, -0.2) is 48.8 Å². The van der Waals surface area contributed by atoms with Gasteiger partial charge in [-0.1, -0.05) is 0 Å². The molecule has 124 valence electrons. The monoisotopic (exact) mass is 332 g/mol. The summed E-state index contributed by atoms with van der Waals surface area (Å²) in [6.45, 7) is 5.44. The fraction of sp³-hybridized carbons (Fsp3) is 0.611. The van der Waals surface area contributed by atoms with Gasteiger partial charge in [0.2, 0.25) is 0 Å². The van der Waals surface area contributed by atoms with Gasteiger partial charge in [-0.25, -0.2) is 0 Å². The molecule has 4 aliphatic heterocycles. The van der Waals surface area contributed by atoms with Crippen molar-refractivity contribution >= 4 is 17.7 Å². The highest BCUT2D eigenvalue weighted by atomic mass is 32.2. The molecule has 0 saturated carbocycles. The van der Waals surface area contributed by atoms with E-state index in [1.807, 2.05) is 6.07 Å². The summed E-state index contributed by atoms with van der Waals surface area (Å²) < 4.78 is 5.93.